The van der Waals surface area contributed by atoms with Gasteiger partial charge in [-0.15, -0.1) is 0 Å². The lowest BCUT2D eigenvalue weighted by atomic mass is 10.2. The third-order valence-corrected chi connectivity index (χ3v) is 5.87. The van der Waals surface area contributed by atoms with Gasteiger partial charge in [-0.2, -0.15) is 0 Å². The van der Waals surface area contributed by atoms with Gasteiger partial charge < -0.3 is 4.90 Å². The van der Waals surface area contributed by atoms with Crippen LogP contribution in [0.2, 0.25) is 5.02 Å². The van der Waals surface area contributed by atoms with Crippen LogP contribution in [-0.4, -0.2) is 23.3 Å². The van der Waals surface area contributed by atoms with Gasteiger partial charge in [0.1, 0.15) is 0 Å². The molecule has 0 aromatic heterocycles. The number of carbonyl (C=O) groups is 1. The van der Waals surface area contributed by atoms with E-state index in [1.54, 1.807) is 17.0 Å². The zero-order valence-corrected chi connectivity index (χ0v) is 17.0. The number of anilines is 2. The summed E-state index contributed by atoms with van der Waals surface area (Å²) in [4.78, 5) is 17.3. The first-order valence-corrected chi connectivity index (χ1v) is 10.0. The molecule has 3 rings (SSSR count). The van der Waals surface area contributed by atoms with E-state index < -0.39 is 0 Å². The number of halogens is 1. The molecule has 1 aliphatic heterocycles. The minimum atomic E-state index is -0.115. The number of hydrogen-bond donors (Lipinski definition) is 0. The van der Waals surface area contributed by atoms with Crippen molar-refractivity contribution in [2.24, 2.45) is 0 Å². The fraction of sp³-hybridized carbons (Fsp3) is 0.200. The van der Waals surface area contributed by atoms with Gasteiger partial charge in [-0.3, -0.25) is 9.69 Å². The maximum absolute atomic E-state index is 12.9. The van der Waals surface area contributed by atoms with Crippen molar-refractivity contribution in [1.82, 2.24) is 0 Å². The van der Waals surface area contributed by atoms with Gasteiger partial charge in [-0.05, 0) is 55.8 Å². The zero-order valence-electron chi connectivity index (χ0n) is 14.6. The molecule has 0 N–H and O–H groups in total. The number of benzene rings is 2. The Bertz CT molecular complexity index is 860. The summed E-state index contributed by atoms with van der Waals surface area (Å²) in [6.07, 6.45) is 1.80. The predicted molar refractivity (Wildman–Crippen MR) is 117 cm³/mol. The molecule has 2 aromatic carbocycles. The summed E-state index contributed by atoms with van der Waals surface area (Å²) < 4.78 is 0.531. The Kier molecular flexibility index (Phi) is 6.01. The first-order chi connectivity index (χ1) is 12.5. The Morgan fingerprint density at radius 3 is 2.38 bits per heavy atom. The fourth-order valence-electron chi connectivity index (χ4n) is 2.82. The Labute approximate surface area is 168 Å². The van der Waals surface area contributed by atoms with Crippen LogP contribution >= 0.6 is 35.6 Å². The van der Waals surface area contributed by atoms with Gasteiger partial charge in [0.2, 0.25) is 0 Å². The molecule has 0 unspecified atom stereocenters. The van der Waals surface area contributed by atoms with E-state index in [1.807, 2.05) is 42.5 Å². The van der Waals surface area contributed by atoms with Crippen molar-refractivity contribution in [3.8, 4) is 0 Å². The van der Waals surface area contributed by atoms with Gasteiger partial charge in [0.05, 0.1) is 10.6 Å². The average molecular weight is 403 g/mol. The number of thiocarbonyl (C=S) groups is 1. The molecule has 2 aromatic rings. The first kappa shape index (κ1) is 19.0. The second-order valence-electron chi connectivity index (χ2n) is 5.73. The van der Waals surface area contributed by atoms with Gasteiger partial charge in [-0.1, -0.05) is 53.8 Å². The van der Waals surface area contributed by atoms with Gasteiger partial charge in [0.15, 0.2) is 4.32 Å². The maximum Gasteiger partial charge on any atom is 0.270 e. The van der Waals surface area contributed by atoms with Crippen LogP contribution in [0.15, 0.2) is 53.4 Å². The lowest BCUT2D eigenvalue weighted by Gasteiger charge is -2.22. The number of amides is 1. The van der Waals surface area contributed by atoms with E-state index in [4.69, 9.17) is 23.8 Å². The van der Waals surface area contributed by atoms with Gasteiger partial charge in [0.25, 0.3) is 5.91 Å². The summed E-state index contributed by atoms with van der Waals surface area (Å²) in [5, 5.41) is 0.612. The van der Waals surface area contributed by atoms with Gasteiger partial charge in [0, 0.05) is 23.8 Å². The molecule has 134 valence electrons. The molecule has 0 radical (unpaired) electrons. The normalized spacial score (nSPS) is 15.8. The van der Waals surface area contributed by atoms with Crippen LogP contribution in [0.4, 0.5) is 11.4 Å². The molecule has 1 amide bonds. The molecule has 0 saturated carbocycles. The summed E-state index contributed by atoms with van der Waals surface area (Å²) in [5.74, 6) is -0.115. The van der Waals surface area contributed by atoms with Gasteiger partial charge in [-0.25, -0.2) is 0 Å². The van der Waals surface area contributed by atoms with Crippen LogP contribution < -0.4 is 9.80 Å². The lowest BCUT2D eigenvalue weighted by Crippen LogP contribution is -2.27. The smallest absolute Gasteiger partial charge is 0.270 e. The Morgan fingerprint density at radius 2 is 1.77 bits per heavy atom. The summed E-state index contributed by atoms with van der Waals surface area (Å²) in [7, 11) is 0. The SMILES string of the molecule is CCN(CC)c1ccc(N2C(=O)C(=Cc3ccccc3Cl)SC2=S)cc1. The molecule has 1 aliphatic rings. The van der Waals surface area contributed by atoms with Crippen molar-refractivity contribution in [1.29, 1.82) is 0 Å². The molecule has 0 spiro atoms. The number of nitrogens with zero attached hydrogens (tertiary/aromatic N) is 2. The third kappa shape index (κ3) is 3.80. The van der Waals surface area contributed by atoms with Crippen molar-refractivity contribution >= 4 is 63.3 Å². The third-order valence-electron chi connectivity index (χ3n) is 4.22. The van der Waals surface area contributed by atoms with Crippen LogP contribution in [0.1, 0.15) is 19.4 Å². The highest BCUT2D eigenvalue weighted by atomic mass is 35.5. The van der Waals surface area contributed by atoms with Crippen LogP contribution in [0.25, 0.3) is 6.08 Å². The molecule has 0 bridgehead atoms. The van der Waals surface area contributed by atoms with Crippen molar-refractivity contribution in [3.63, 3.8) is 0 Å². The highest BCUT2D eigenvalue weighted by molar-refractivity contribution is 8.27. The molecule has 1 saturated heterocycles. The lowest BCUT2D eigenvalue weighted by molar-refractivity contribution is -0.113. The van der Waals surface area contributed by atoms with Crippen molar-refractivity contribution in [2.75, 3.05) is 22.9 Å². The number of rotatable bonds is 5. The molecule has 26 heavy (non-hydrogen) atoms. The van der Waals surface area contributed by atoms with E-state index >= 15 is 0 Å². The number of thioether (sulfide) groups is 1. The van der Waals surface area contributed by atoms with E-state index in [0.717, 1.165) is 30.0 Å². The van der Waals surface area contributed by atoms with Crippen molar-refractivity contribution in [2.45, 2.75) is 13.8 Å². The second-order valence-corrected chi connectivity index (χ2v) is 7.81. The quantitative estimate of drug-likeness (QED) is 0.480. The standard InChI is InChI=1S/C20H19ClN2OS2/c1-3-22(4-2)15-9-11-16(12-10-15)23-19(24)18(26-20(23)25)13-14-7-5-6-8-17(14)21/h5-13H,3-4H2,1-2H3. The van der Waals surface area contributed by atoms with Gasteiger partial charge >= 0.3 is 0 Å². The highest BCUT2D eigenvalue weighted by Crippen LogP contribution is 2.37. The molecule has 6 heteroatoms. The fourth-order valence-corrected chi connectivity index (χ4v) is 4.31. The second kappa shape index (κ2) is 8.25. The molecule has 3 nitrogen and oxygen atoms in total. The van der Waals surface area contributed by atoms with E-state index in [9.17, 15) is 4.79 Å². The maximum atomic E-state index is 12.9. The number of hydrogen-bond acceptors (Lipinski definition) is 4. The highest BCUT2D eigenvalue weighted by Gasteiger charge is 2.33. The average Bonchev–Trinajstić information content (AvgIpc) is 2.92. The Balaban J connectivity index is 1.87. The summed E-state index contributed by atoms with van der Waals surface area (Å²) in [6.45, 7) is 6.13. The Hall–Kier alpha value is -1.82. The van der Waals surface area contributed by atoms with E-state index in [-0.39, 0.29) is 5.91 Å². The molecular formula is C20H19ClN2OS2. The first-order valence-electron chi connectivity index (χ1n) is 8.42. The molecular weight excluding hydrogens is 384 g/mol. The zero-order chi connectivity index (χ0) is 18.7. The molecule has 0 aliphatic carbocycles. The monoisotopic (exact) mass is 402 g/mol. The molecule has 0 atom stereocenters. The Morgan fingerprint density at radius 1 is 1.12 bits per heavy atom. The van der Waals surface area contributed by atoms with E-state index in [1.165, 1.54) is 11.8 Å². The summed E-state index contributed by atoms with van der Waals surface area (Å²) >= 11 is 12.9. The molecule has 1 fully saturated rings. The van der Waals surface area contributed by atoms with Crippen LogP contribution in [0.5, 0.6) is 0 Å². The number of carbonyl (C=O) groups excluding carboxylic acids is 1. The van der Waals surface area contributed by atoms with Crippen LogP contribution in [0, 0.1) is 0 Å². The van der Waals surface area contributed by atoms with E-state index in [2.05, 4.69) is 18.7 Å². The largest absolute Gasteiger partial charge is 0.372 e. The minimum absolute atomic E-state index is 0.115. The van der Waals surface area contributed by atoms with Crippen LogP contribution in [0.3, 0.4) is 0 Å². The van der Waals surface area contributed by atoms with E-state index in [0.29, 0.717) is 14.2 Å². The summed E-state index contributed by atoms with van der Waals surface area (Å²) in [5.41, 5.74) is 2.73. The van der Waals surface area contributed by atoms with Crippen LogP contribution in [-0.2, 0) is 4.79 Å². The van der Waals surface area contributed by atoms with Crippen molar-refractivity contribution < 1.29 is 4.79 Å². The summed E-state index contributed by atoms with van der Waals surface area (Å²) in [6, 6.07) is 15.4. The predicted octanol–water partition coefficient (Wildman–Crippen LogP) is 5.59. The topological polar surface area (TPSA) is 23.6 Å². The molecule has 1 heterocycles. The minimum Gasteiger partial charge on any atom is -0.372 e. The van der Waals surface area contributed by atoms with Crippen molar-refractivity contribution in [3.05, 3.63) is 64.0 Å².